The monoisotopic (exact) mass is 347 g/mol. The highest BCUT2D eigenvalue weighted by Crippen LogP contribution is 2.33. The van der Waals surface area contributed by atoms with E-state index in [-0.39, 0.29) is 11.9 Å². The number of aryl methyl sites for hydroxylation is 1. The van der Waals surface area contributed by atoms with E-state index in [0.29, 0.717) is 19.1 Å². The fourth-order valence-electron chi connectivity index (χ4n) is 3.44. The number of aromatic nitrogens is 2. The van der Waals surface area contributed by atoms with Crippen LogP contribution < -0.4 is 14.8 Å². The van der Waals surface area contributed by atoms with E-state index < -0.39 is 0 Å². The number of fused-ring (bicyclic) bond motifs is 1. The lowest BCUT2D eigenvalue weighted by Gasteiger charge is -2.19. The molecule has 6 heteroatoms. The van der Waals surface area contributed by atoms with E-state index in [0.717, 1.165) is 41.3 Å². The lowest BCUT2D eigenvalue weighted by atomic mass is 10.0. The second kappa shape index (κ2) is 7.44. The lowest BCUT2D eigenvalue weighted by Crippen LogP contribution is -2.21. The number of halogens is 1. The minimum Gasteiger partial charge on any atom is -0.493 e. The summed E-state index contributed by atoms with van der Waals surface area (Å²) in [5.74, 6) is 1.59. The number of rotatable bonds is 5. The van der Waals surface area contributed by atoms with Crippen LogP contribution in [0.15, 0.2) is 18.2 Å². The Morgan fingerprint density at radius 1 is 1.44 bits per heavy atom. The van der Waals surface area contributed by atoms with Gasteiger partial charge in [-0.15, -0.1) is 0 Å². The van der Waals surface area contributed by atoms with Crippen LogP contribution in [0, 0.1) is 5.82 Å². The van der Waals surface area contributed by atoms with E-state index in [1.54, 1.807) is 23.9 Å². The van der Waals surface area contributed by atoms with E-state index in [1.165, 1.54) is 6.07 Å². The molecule has 0 unspecified atom stereocenters. The second-order valence-corrected chi connectivity index (χ2v) is 6.76. The number of nitrogens with zero attached hydrogens (tertiary/aromatic N) is 2. The van der Waals surface area contributed by atoms with Gasteiger partial charge in [-0.2, -0.15) is 5.10 Å². The summed E-state index contributed by atoms with van der Waals surface area (Å²) in [5, 5.41) is 8.15. The van der Waals surface area contributed by atoms with E-state index >= 15 is 0 Å². The van der Waals surface area contributed by atoms with Gasteiger partial charge in [-0.25, -0.2) is 9.07 Å². The number of methoxy groups -OCH3 is 1. The van der Waals surface area contributed by atoms with Crippen LogP contribution in [-0.2, 0) is 13.6 Å². The number of hydrogen-bond donors (Lipinski definition) is 1. The van der Waals surface area contributed by atoms with Gasteiger partial charge in [0.25, 0.3) is 0 Å². The zero-order valence-electron chi connectivity index (χ0n) is 15.3. The summed E-state index contributed by atoms with van der Waals surface area (Å²) in [7, 11) is 3.55. The van der Waals surface area contributed by atoms with Gasteiger partial charge < -0.3 is 14.8 Å². The van der Waals surface area contributed by atoms with Gasteiger partial charge >= 0.3 is 0 Å². The molecule has 25 heavy (non-hydrogen) atoms. The van der Waals surface area contributed by atoms with Crippen molar-refractivity contribution in [2.45, 2.75) is 45.2 Å². The SMILES string of the molecule is COc1c(CN[C@H]2CCCOc3ccc(F)cc32)c(C(C)C)nn1C. The van der Waals surface area contributed by atoms with Gasteiger partial charge in [0, 0.05) is 25.2 Å². The van der Waals surface area contributed by atoms with E-state index in [1.807, 2.05) is 7.05 Å². The van der Waals surface area contributed by atoms with Crippen molar-refractivity contribution in [2.75, 3.05) is 13.7 Å². The first-order chi connectivity index (χ1) is 12.0. The van der Waals surface area contributed by atoms with E-state index in [9.17, 15) is 4.39 Å². The van der Waals surface area contributed by atoms with Crippen LogP contribution in [0.1, 0.15) is 55.5 Å². The molecule has 1 aliphatic rings. The Morgan fingerprint density at radius 2 is 2.24 bits per heavy atom. The molecule has 0 spiro atoms. The van der Waals surface area contributed by atoms with Crippen LogP contribution in [0.5, 0.6) is 11.6 Å². The zero-order valence-corrected chi connectivity index (χ0v) is 15.3. The number of nitrogens with one attached hydrogen (secondary N) is 1. The predicted octanol–water partition coefficient (Wildman–Crippen LogP) is 3.69. The van der Waals surface area contributed by atoms with Crippen LogP contribution in [0.25, 0.3) is 0 Å². The molecule has 1 atom stereocenters. The maximum atomic E-state index is 13.7. The molecule has 0 aliphatic carbocycles. The fourth-order valence-corrected chi connectivity index (χ4v) is 3.44. The van der Waals surface area contributed by atoms with Gasteiger partial charge in [0.05, 0.1) is 25.0 Å². The molecule has 1 aliphatic heterocycles. The molecule has 0 bridgehead atoms. The Morgan fingerprint density at radius 3 is 2.96 bits per heavy atom. The number of hydrogen-bond acceptors (Lipinski definition) is 4. The minimum absolute atomic E-state index is 0.0399. The van der Waals surface area contributed by atoms with E-state index in [2.05, 4.69) is 24.3 Å². The fraction of sp³-hybridized carbons (Fsp3) is 0.526. The quantitative estimate of drug-likeness (QED) is 0.896. The second-order valence-electron chi connectivity index (χ2n) is 6.76. The third-order valence-corrected chi connectivity index (χ3v) is 4.63. The molecule has 1 aromatic carbocycles. The van der Waals surface area contributed by atoms with Crippen molar-refractivity contribution in [3.05, 3.63) is 40.8 Å². The molecule has 0 radical (unpaired) electrons. The first kappa shape index (κ1) is 17.7. The van der Waals surface area contributed by atoms with Crippen LogP contribution in [0.2, 0.25) is 0 Å². The average molecular weight is 347 g/mol. The summed E-state index contributed by atoms with van der Waals surface area (Å²) in [6.07, 6.45) is 1.82. The maximum Gasteiger partial charge on any atom is 0.216 e. The summed E-state index contributed by atoms with van der Waals surface area (Å²) in [5.41, 5.74) is 2.96. The third kappa shape index (κ3) is 3.63. The van der Waals surface area contributed by atoms with Crippen LogP contribution >= 0.6 is 0 Å². The maximum absolute atomic E-state index is 13.7. The molecule has 1 aromatic heterocycles. The predicted molar refractivity (Wildman–Crippen MR) is 94.6 cm³/mol. The topological polar surface area (TPSA) is 48.3 Å². The van der Waals surface area contributed by atoms with Crippen molar-refractivity contribution in [3.8, 4) is 11.6 Å². The Labute approximate surface area is 148 Å². The van der Waals surface area contributed by atoms with Crippen molar-refractivity contribution in [1.82, 2.24) is 15.1 Å². The summed E-state index contributed by atoms with van der Waals surface area (Å²) in [6.45, 7) is 5.51. The molecular formula is C19H26FN3O2. The highest BCUT2D eigenvalue weighted by molar-refractivity contribution is 5.38. The summed E-state index contributed by atoms with van der Waals surface area (Å²) < 4.78 is 26.8. The number of ether oxygens (including phenoxy) is 2. The number of benzene rings is 1. The Bertz CT molecular complexity index is 743. The van der Waals surface area contributed by atoms with Gasteiger partial charge in [0.1, 0.15) is 11.6 Å². The average Bonchev–Trinajstić information content (AvgIpc) is 2.77. The lowest BCUT2D eigenvalue weighted by molar-refractivity contribution is 0.314. The molecule has 1 N–H and O–H groups in total. The standard InChI is InChI=1S/C19H26FN3O2/c1-12(2)18-15(19(24-4)23(3)22-18)11-21-16-6-5-9-25-17-8-7-13(20)10-14(16)17/h7-8,10,12,16,21H,5-6,9,11H2,1-4H3/t16-/m0/s1. The van der Waals surface area contributed by atoms with Crippen molar-refractivity contribution >= 4 is 0 Å². The molecule has 0 saturated carbocycles. The Hall–Kier alpha value is -2.08. The van der Waals surface area contributed by atoms with Gasteiger partial charge in [-0.05, 0) is 37.0 Å². The van der Waals surface area contributed by atoms with Crippen molar-refractivity contribution in [3.63, 3.8) is 0 Å². The van der Waals surface area contributed by atoms with Crippen LogP contribution in [0.4, 0.5) is 4.39 Å². The molecule has 3 rings (SSSR count). The zero-order chi connectivity index (χ0) is 18.0. The Kier molecular flexibility index (Phi) is 5.27. The summed E-state index contributed by atoms with van der Waals surface area (Å²) in [6, 6.07) is 4.78. The molecule has 0 amide bonds. The normalized spacial score (nSPS) is 17.1. The molecule has 0 fully saturated rings. The minimum atomic E-state index is -0.238. The first-order valence-corrected chi connectivity index (χ1v) is 8.76. The van der Waals surface area contributed by atoms with Gasteiger partial charge in [0.2, 0.25) is 5.88 Å². The molecular weight excluding hydrogens is 321 g/mol. The van der Waals surface area contributed by atoms with Gasteiger partial charge in [-0.1, -0.05) is 13.8 Å². The van der Waals surface area contributed by atoms with Crippen molar-refractivity contribution in [2.24, 2.45) is 7.05 Å². The van der Waals surface area contributed by atoms with Crippen LogP contribution in [0.3, 0.4) is 0 Å². The highest BCUT2D eigenvalue weighted by atomic mass is 19.1. The van der Waals surface area contributed by atoms with Crippen molar-refractivity contribution in [1.29, 1.82) is 0 Å². The first-order valence-electron chi connectivity index (χ1n) is 8.76. The largest absolute Gasteiger partial charge is 0.493 e. The molecule has 2 aromatic rings. The van der Waals surface area contributed by atoms with E-state index in [4.69, 9.17) is 9.47 Å². The van der Waals surface area contributed by atoms with Crippen molar-refractivity contribution < 1.29 is 13.9 Å². The smallest absolute Gasteiger partial charge is 0.216 e. The van der Waals surface area contributed by atoms with Gasteiger partial charge in [0.15, 0.2) is 0 Å². The third-order valence-electron chi connectivity index (χ3n) is 4.63. The Balaban J connectivity index is 1.86. The molecule has 136 valence electrons. The summed E-state index contributed by atoms with van der Waals surface area (Å²) >= 11 is 0. The molecule has 2 heterocycles. The summed E-state index contributed by atoms with van der Waals surface area (Å²) in [4.78, 5) is 0. The molecule has 5 nitrogen and oxygen atoms in total. The van der Waals surface area contributed by atoms with Gasteiger partial charge in [-0.3, -0.25) is 0 Å². The molecule has 0 saturated heterocycles. The highest BCUT2D eigenvalue weighted by Gasteiger charge is 2.23. The van der Waals surface area contributed by atoms with Crippen LogP contribution in [-0.4, -0.2) is 23.5 Å².